The molecule has 2 N–H and O–H groups in total. The van der Waals surface area contributed by atoms with E-state index in [-0.39, 0.29) is 5.41 Å². The second kappa shape index (κ2) is 9.46. The van der Waals surface area contributed by atoms with E-state index < -0.39 is 23.1 Å². The van der Waals surface area contributed by atoms with Crippen molar-refractivity contribution in [1.82, 2.24) is 0 Å². The van der Waals surface area contributed by atoms with Gasteiger partial charge in [0.05, 0.1) is 11.1 Å². The van der Waals surface area contributed by atoms with Gasteiger partial charge in [0, 0.05) is 12.0 Å². The average molecular weight is 498 g/mol. The molecule has 3 aromatic rings. The molecule has 0 aromatic heterocycles. The highest BCUT2D eigenvalue weighted by atomic mass is 16.7. The zero-order chi connectivity index (χ0) is 26.3. The molecular formula is C32H35NO4. The van der Waals surface area contributed by atoms with Gasteiger partial charge in [-0.05, 0) is 60.3 Å². The molecule has 0 bridgehead atoms. The minimum Gasteiger partial charge on any atom is -0.481 e. The summed E-state index contributed by atoms with van der Waals surface area (Å²) in [5, 5.41) is 25.4. The van der Waals surface area contributed by atoms with Crippen molar-refractivity contribution in [2.75, 3.05) is 0 Å². The van der Waals surface area contributed by atoms with Crippen LogP contribution in [0.4, 0.5) is 0 Å². The number of aliphatic carboxylic acids is 1. The summed E-state index contributed by atoms with van der Waals surface area (Å²) >= 11 is 0. The molecule has 2 aliphatic rings. The van der Waals surface area contributed by atoms with Crippen molar-refractivity contribution < 1.29 is 19.8 Å². The standard InChI is InChI=1S/C32H35NO4/c1-22-19-32(37-33-22,28(34)21-30(2,3)20-23-7-5-4-6-8-23)27-15-11-25(12-16-27)24-9-13-26(14-10-24)31(17-18-31)29(35)36/h4-16,28,34H,17-21H2,1-3H3,(H,35,36). The van der Waals surface area contributed by atoms with E-state index in [1.165, 1.54) is 5.56 Å². The maximum Gasteiger partial charge on any atom is 0.314 e. The summed E-state index contributed by atoms with van der Waals surface area (Å²) in [7, 11) is 0. The number of oxime groups is 1. The molecule has 5 heteroatoms. The van der Waals surface area contributed by atoms with E-state index in [9.17, 15) is 15.0 Å². The molecule has 2 atom stereocenters. The van der Waals surface area contributed by atoms with Crippen molar-refractivity contribution in [1.29, 1.82) is 0 Å². The molecule has 1 fully saturated rings. The largest absolute Gasteiger partial charge is 0.481 e. The van der Waals surface area contributed by atoms with Gasteiger partial charge < -0.3 is 15.1 Å². The Morgan fingerprint density at radius 2 is 1.51 bits per heavy atom. The second-order valence-electron chi connectivity index (χ2n) is 11.6. The normalized spacial score (nSPS) is 21.1. The van der Waals surface area contributed by atoms with Crippen LogP contribution in [0.3, 0.4) is 0 Å². The number of aliphatic hydroxyl groups excluding tert-OH is 1. The Labute approximate surface area is 218 Å². The van der Waals surface area contributed by atoms with Crippen molar-refractivity contribution in [2.24, 2.45) is 10.6 Å². The first kappa shape index (κ1) is 25.2. The van der Waals surface area contributed by atoms with E-state index in [0.717, 1.165) is 34.4 Å². The summed E-state index contributed by atoms with van der Waals surface area (Å²) in [6.07, 6.45) is 2.64. The lowest BCUT2D eigenvalue weighted by molar-refractivity contribution is -0.140. The van der Waals surface area contributed by atoms with Crippen molar-refractivity contribution in [3.05, 3.63) is 95.6 Å². The first-order valence-corrected chi connectivity index (χ1v) is 13.0. The maximum atomic E-state index is 11.6. The highest BCUT2D eigenvalue weighted by Crippen LogP contribution is 2.49. The topological polar surface area (TPSA) is 79.1 Å². The van der Waals surface area contributed by atoms with Crippen LogP contribution in [0.1, 0.15) is 63.1 Å². The summed E-state index contributed by atoms with van der Waals surface area (Å²) < 4.78 is 0. The van der Waals surface area contributed by atoms with Gasteiger partial charge in [-0.1, -0.05) is 97.9 Å². The fraction of sp³-hybridized carbons (Fsp3) is 0.375. The quantitative estimate of drug-likeness (QED) is 0.355. The van der Waals surface area contributed by atoms with Gasteiger partial charge in [0.15, 0.2) is 5.60 Å². The molecule has 0 amide bonds. The van der Waals surface area contributed by atoms with E-state index in [1.54, 1.807) is 0 Å². The minimum atomic E-state index is -0.916. The van der Waals surface area contributed by atoms with E-state index in [2.05, 4.69) is 31.1 Å². The maximum absolute atomic E-state index is 11.6. The third-order valence-electron chi connectivity index (χ3n) is 8.00. The van der Waals surface area contributed by atoms with Crippen molar-refractivity contribution in [2.45, 2.75) is 70.0 Å². The molecule has 0 radical (unpaired) electrons. The molecule has 1 aliphatic heterocycles. The number of rotatable bonds is 9. The molecule has 1 aliphatic carbocycles. The Morgan fingerprint density at radius 3 is 2.00 bits per heavy atom. The van der Waals surface area contributed by atoms with E-state index in [1.807, 2.05) is 73.7 Å². The summed E-state index contributed by atoms with van der Waals surface area (Å²) in [5.41, 5.74) is 4.19. The van der Waals surface area contributed by atoms with Gasteiger partial charge in [0.2, 0.25) is 0 Å². The molecule has 3 aromatic carbocycles. The monoisotopic (exact) mass is 497 g/mol. The molecule has 5 nitrogen and oxygen atoms in total. The fourth-order valence-corrected chi connectivity index (χ4v) is 5.72. The Kier molecular flexibility index (Phi) is 6.45. The van der Waals surface area contributed by atoms with Gasteiger partial charge in [0.1, 0.15) is 6.10 Å². The van der Waals surface area contributed by atoms with Crippen LogP contribution in [0.2, 0.25) is 0 Å². The Hall–Kier alpha value is -3.44. The van der Waals surface area contributed by atoms with Crippen LogP contribution in [0.15, 0.2) is 84.0 Å². The molecule has 5 rings (SSSR count). The molecule has 192 valence electrons. The number of carbonyl (C=O) groups is 1. The lowest BCUT2D eigenvalue weighted by Crippen LogP contribution is -2.42. The third kappa shape index (κ3) is 4.93. The van der Waals surface area contributed by atoms with E-state index >= 15 is 0 Å². The van der Waals surface area contributed by atoms with Crippen LogP contribution < -0.4 is 0 Å². The Morgan fingerprint density at radius 1 is 0.946 bits per heavy atom. The first-order valence-electron chi connectivity index (χ1n) is 13.0. The number of nitrogens with zero attached hydrogens (tertiary/aromatic N) is 1. The Bertz CT molecular complexity index is 1290. The SMILES string of the molecule is CC1=NOC(c2ccc(-c3ccc(C4(C(=O)O)CC4)cc3)cc2)(C(O)CC(C)(C)Cc2ccccc2)C1. The van der Waals surface area contributed by atoms with Gasteiger partial charge in [-0.3, -0.25) is 4.79 Å². The number of carboxylic acid groups (broad SMARTS) is 1. The predicted octanol–water partition coefficient (Wildman–Crippen LogP) is 6.48. The number of carboxylic acids is 1. The molecule has 0 saturated heterocycles. The number of aliphatic hydroxyl groups is 1. The molecule has 1 saturated carbocycles. The van der Waals surface area contributed by atoms with Crippen LogP contribution in [0.25, 0.3) is 11.1 Å². The van der Waals surface area contributed by atoms with Crippen molar-refractivity contribution >= 4 is 11.7 Å². The highest BCUT2D eigenvalue weighted by Gasteiger charge is 2.51. The van der Waals surface area contributed by atoms with Gasteiger partial charge in [0.25, 0.3) is 0 Å². The molecular weight excluding hydrogens is 462 g/mol. The number of hydrogen-bond acceptors (Lipinski definition) is 4. The summed E-state index contributed by atoms with van der Waals surface area (Å²) in [4.78, 5) is 17.7. The first-order chi connectivity index (χ1) is 17.6. The number of hydrogen-bond donors (Lipinski definition) is 2. The summed E-state index contributed by atoms with van der Waals surface area (Å²) in [6, 6.07) is 26.3. The zero-order valence-corrected chi connectivity index (χ0v) is 21.8. The molecule has 37 heavy (non-hydrogen) atoms. The summed E-state index contributed by atoms with van der Waals surface area (Å²) in [6.45, 7) is 6.30. The van der Waals surface area contributed by atoms with Crippen molar-refractivity contribution in [3.63, 3.8) is 0 Å². The van der Waals surface area contributed by atoms with Gasteiger partial charge in [-0.25, -0.2) is 0 Å². The highest BCUT2D eigenvalue weighted by molar-refractivity contribution is 5.85. The van der Waals surface area contributed by atoms with Crippen LogP contribution >= 0.6 is 0 Å². The lowest BCUT2D eigenvalue weighted by Gasteiger charge is -2.37. The molecule has 2 unspecified atom stereocenters. The minimum absolute atomic E-state index is 0.135. The van der Waals surface area contributed by atoms with Gasteiger partial charge in [-0.15, -0.1) is 0 Å². The van der Waals surface area contributed by atoms with E-state index in [0.29, 0.717) is 25.7 Å². The van der Waals surface area contributed by atoms with Crippen LogP contribution in [-0.2, 0) is 27.1 Å². The number of benzene rings is 3. The Balaban J connectivity index is 1.35. The average Bonchev–Trinajstić information content (AvgIpc) is 3.60. The zero-order valence-electron chi connectivity index (χ0n) is 21.8. The molecule has 0 spiro atoms. The third-order valence-corrected chi connectivity index (χ3v) is 8.00. The van der Waals surface area contributed by atoms with Crippen LogP contribution in [-0.4, -0.2) is 28.0 Å². The lowest BCUT2D eigenvalue weighted by atomic mass is 9.74. The van der Waals surface area contributed by atoms with Crippen LogP contribution in [0, 0.1) is 5.41 Å². The van der Waals surface area contributed by atoms with Crippen molar-refractivity contribution in [3.8, 4) is 11.1 Å². The van der Waals surface area contributed by atoms with E-state index in [4.69, 9.17) is 4.84 Å². The van der Waals surface area contributed by atoms with Gasteiger partial charge >= 0.3 is 5.97 Å². The summed E-state index contributed by atoms with van der Waals surface area (Å²) in [5.74, 6) is -0.741. The molecule has 1 heterocycles. The smallest absolute Gasteiger partial charge is 0.314 e. The van der Waals surface area contributed by atoms with Gasteiger partial charge in [-0.2, -0.15) is 0 Å². The van der Waals surface area contributed by atoms with Crippen LogP contribution in [0.5, 0.6) is 0 Å². The second-order valence-corrected chi connectivity index (χ2v) is 11.6. The fourth-order valence-electron chi connectivity index (χ4n) is 5.72. The predicted molar refractivity (Wildman–Crippen MR) is 145 cm³/mol.